The fourth-order valence-electron chi connectivity index (χ4n) is 2.08. The van der Waals surface area contributed by atoms with Crippen LogP contribution in [0.2, 0.25) is 5.02 Å². The highest BCUT2D eigenvalue weighted by Gasteiger charge is 2.03. The molecule has 1 N–H and O–H groups in total. The number of halogens is 2. The molecule has 1 amide bonds. The van der Waals surface area contributed by atoms with Crippen molar-refractivity contribution in [1.29, 1.82) is 0 Å². The van der Waals surface area contributed by atoms with Gasteiger partial charge in [-0.15, -0.1) is 0 Å². The van der Waals surface area contributed by atoms with Crippen LogP contribution in [0.3, 0.4) is 0 Å². The molecule has 0 saturated heterocycles. The molecule has 2 aromatic carbocycles. The molecule has 4 heteroatoms. The molecule has 0 heterocycles. The molecule has 0 aliphatic rings. The first-order chi connectivity index (χ1) is 10.1. The van der Waals surface area contributed by atoms with Crippen LogP contribution in [0.25, 0.3) is 0 Å². The molecule has 0 saturated carbocycles. The summed E-state index contributed by atoms with van der Waals surface area (Å²) < 4.78 is 1.04. The lowest BCUT2D eigenvalue weighted by molar-refractivity contribution is -0.121. The zero-order valence-corrected chi connectivity index (χ0v) is 14.0. The molecule has 0 unspecified atom stereocenters. The molecule has 21 heavy (non-hydrogen) atoms. The van der Waals surface area contributed by atoms with Crippen molar-refractivity contribution in [3.05, 3.63) is 69.2 Å². The van der Waals surface area contributed by atoms with E-state index < -0.39 is 0 Å². The maximum atomic E-state index is 11.8. The number of aryl methyl sites for hydroxylation is 1. The fraction of sp³-hybridized carbons (Fsp3) is 0.235. The van der Waals surface area contributed by atoms with E-state index in [1.165, 1.54) is 0 Å². The topological polar surface area (TPSA) is 29.1 Å². The Kier molecular flexibility index (Phi) is 6.27. The zero-order chi connectivity index (χ0) is 15.1. The Morgan fingerprint density at radius 3 is 2.48 bits per heavy atom. The van der Waals surface area contributed by atoms with E-state index in [1.54, 1.807) is 0 Å². The second-order valence-electron chi connectivity index (χ2n) is 4.86. The van der Waals surface area contributed by atoms with E-state index in [1.807, 2.05) is 48.5 Å². The highest BCUT2D eigenvalue weighted by Crippen LogP contribution is 2.13. The molecule has 0 atom stereocenters. The van der Waals surface area contributed by atoms with Crippen molar-refractivity contribution in [3.63, 3.8) is 0 Å². The van der Waals surface area contributed by atoms with E-state index in [9.17, 15) is 4.79 Å². The van der Waals surface area contributed by atoms with Crippen molar-refractivity contribution >= 4 is 33.4 Å². The highest BCUT2D eigenvalue weighted by atomic mass is 79.9. The van der Waals surface area contributed by atoms with E-state index in [-0.39, 0.29) is 5.91 Å². The van der Waals surface area contributed by atoms with E-state index in [0.29, 0.717) is 13.0 Å². The van der Waals surface area contributed by atoms with Gasteiger partial charge in [-0.25, -0.2) is 0 Å². The van der Waals surface area contributed by atoms with Gasteiger partial charge in [0.15, 0.2) is 0 Å². The fourth-order valence-corrected chi connectivity index (χ4v) is 2.74. The lowest BCUT2D eigenvalue weighted by Gasteiger charge is -2.06. The largest absolute Gasteiger partial charge is 0.356 e. The summed E-state index contributed by atoms with van der Waals surface area (Å²) in [6.45, 7) is 0.637. The average Bonchev–Trinajstić information content (AvgIpc) is 2.45. The van der Waals surface area contributed by atoms with Crippen molar-refractivity contribution in [2.75, 3.05) is 6.54 Å². The van der Waals surface area contributed by atoms with Gasteiger partial charge < -0.3 is 5.32 Å². The smallest absolute Gasteiger partial charge is 0.220 e. The monoisotopic (exact) mass is 365 g/mol. The van der Waals surface area contributed by atoms with Gasteiger partial charge in [0.25, 0.3) is 0 Å². The number of rotatable bonds is 6. The first-order valence-electron chi connectivity index (χ1n) is 6.89. The SMILES string of the molecule is O=C(CCc1cccc(Br)c1)NCCc1cccc(Cl)c1. The van der Waals surface area contributed by atoms with Gasteiger partial charge in [0.2, 0.25) is 5.91 Å². The summed E-state index contributed by atoms with van der Waals surface area (Å²) in [5.41, 5.74) is 2.30. The van der Waals surface area contributed by atoms with Crippen molar-refractivity contribution in [1.82, 2.24) is 5.32 Å². The second-order valence-corrected chi connectivity index (χ2v) is 6.21. The summed E-state index contributed by atoms with van der Waals surface area (Å²) in [6.07, 6.45) is 2.05. The maximum Gasteiger partial charge on any atom is 0.220 e. The quantitative estimate of drug-likeness (QED) is 0.807. The number of hydrogen-bond donors (Lipinski definition) is 1. The molecule has 0 aliphatic carbocycles. The van der Waals surface area contributed by atoms with Crippen LogP contribution < -0.4 is 5.32 Å². The van der Waals surface area contributed by atoms with Gasteiger partial charge in [-0.2, -0.15) is 0 Å². The number of nitrogens with one attached hydrogen (secondary N) is 1. The molecular weight excluding hydrogens is 350 g/mol. The summed E-state index contributed by atoms with van der Waals surface area (Å²) >= 11 is 9.36. The molecule has 0 aromatic heterocycles. The third kappa shape index (κ3) is 5.90. The summed E-state index contributed by atoms with van der Waals surface area (Å²) in [6, 6.07) is 15.7. The lowest BCUT2D eigenvalue weighted by atomic mass is 10.1. The Morgan fingerprint density at radius 2 is 1.76 bits per heavy atom. The van der Waals surface area contributed by atoms with Gasteiger partial charge in [-0.1, -0.05) is 51.8 Å². The third-order valence-corrected chi connectivity index (χ3v) is 3.88. The van der Waals surface area contributed by atoms with Crippen LogP contribution in [-0.4, -0.2) is 12.5 Å². The number of amides is 1. The van der Waals surface area contributed by atoms with Gasteiger partial charge in [0.05, 0.1) is 0 Å². The minimum Gasteiger partial charge on any atom is -0.356 e. The molecule has 0 radical (unpaired) electrons. The molecule has 2 nitrogen and oxygen atoms in total. The highest BCUT2D eigenvalue weighted by molar-refractivity contribution is 9.10. The maximum absolute atomic E-state index is 11.8. The molecule has 0 aliphatic heterocycles. The predicted molar refractivity (Wildman–Crippen MR) is 90.6 cm³/mol. The van der Waals surface area contributed by atoms with Crippen molar-refractivity contribution < 1.29 is 4.79 Å². The van der Waals surface area contributed by atoms with Crippen LogP contribution in [0.15, 0.2) is 53.0 Å². The first-order valence-corrected chi connectivity index (χ1v) is 8.06. The molecule has 0 spiro atoms. The first kappa shape index (κ1) is 16.1. The summed E-state index contributed by atoms with van der Waals surface area (Å²) in [7, 11) is 0. The number of carbonyl (C=O) groups excluding carboxylic acids is 1. The normalized spacial score (nSPS) is 10.4. The van der Waals surface area contributed by atoms with E-state index in [2.05, 4.69) is 21.2 Å². The average molecular weight is 367 g/mol. The Morgan fingerprint density at radius 1 is 1.05 bits per heavy atom. The van der Waals surface area contributed by atoms with Crippen molar-refractivity contribution in [3.8, 4) is 0 Å². The Bertz CT molecular complexity index is 615. The van der Waals surface area contributed by atoms with E-state index in [0.717, 1.165) is 33.5 Å². The summed E-state index contributed by atoms with van der Waals surface area (Å²) in [5.74, 6) is 0.0806. The molecule has 0 fully saturated rings. The number of carbonyl (C=O) groups is 1. The van der Waals surface area contributed by atoms with Gasteiger partial charge in [0.1, 0.15) is 0 Å². The molecular formula is C17H17BrClNO. The minimum atomic E-state index is 0.0806. The summed E-state index contributed by atoms with van der Waals surface area (Å²) in [5, 5.41) is 3.67. The van der Waals surface area contributed by atoms with Crippen LogP contribution in [0.1, 0.15) is 17.5 Å². The van der Waals surface area contributed by atoms with E-state index in [4.69, 9.17) is 11.6 Å². The van der Waals surface area contributed by atoms with Crippen LogP contribution in [0, 0.1) is 0 Å². The molecule has 2 aromatic rings. The minimum absolute atomic E-state index is 0.0806. The van der Waals surface area contributed by atoms with Crippen LogP contribution in [-0.2, 0) is 17.6 Å². The predicted octanol–water partition coefficient (Wildman–Crippen LogP) is 4.39. The van der Waals surface area contributed by atoms with Gasteiger partial charge in [-0.3, -0.25) is 4.79 Å². The van der Waals surface area contributed by atoms with Crippen LogP contribution in [0.5, 0.6) is 0 Å². The molecule has 2 rings (SSSR count). The second kappa shape index (κ2) is 8.20. The molecule has 110 valence electrons. The van der Waals surface area contributed by atoms with Crippen molar-refractivity contribution in [2.24, 2.45) is 0 Å². The zero-order valence-electron chi connectivity index (χ0n) is 11.6. The van der Waals surface area contributed by atoms with Crippen molar-refractivity contribution in [2.45, 2.75) is 19.3 Å². The Balaban J connectivity index is 1.70. The number of benzene rings is 2. The summed E-state index contributed by atoms with van der Waals surface area (Å²) in [4.78, 5) is 11.8. The van der Waals surface area contributed by atoms with Gasteiger partial charge in [-0.05, 0) is 48.2 Å². The third-order valence-electron chi connectivity index (χ3n) is 3.15. The lowest BCUT2D eigenvalue weighted by Crippen LogP contribution is -2.25. The molecule has 0 bridgehead atoms. The van der Waals surface area contributed by atoms with E-state index >= 15 is 0 Å². The van der Waals surface area contributed by atoms with Crippen LogP contribution >= 0.6 is 27.5 Å². The van der Waals surface area contributed by atoms with Gasteiger partial charge in [0, 0.05) is 22.5 Å². The standard InChI is InChI=1S/C17H17BrClNO/c18-15-5-1-3-13(11-15)7-8-17(21)20-10-9-14-4-2-6-16(19)12-14/h1-6,11-12H,7-10H2,(H,20,21). The Labute approximate surface area is 138 Å². The van der Waals surface area contributed by atoms with Gasteiger partial charge >= 0.3 is 0 Å². The number of hydrogen-bond acceptors (Lipinski definition) is 1. The Hall–Kier alpha value is -1.32. The van der Waals surface area contributed by atoms with Crippen LogP contribution in [0.4, 0.5) is 0 Å².